The van der Waals surface area contributed by atoms with Gasteiger partial charge in [0.25, 0.3) is 0 Å². The second kappa shape index (κ2) is 8.52. The van der Waals surface area contributed by atoms with Gasteiger partial charge in [-0.3, -0.25) is 0 Å². The first-order valence-corrected chi connectivity index (χ1v) is 7.77. The van der Waals surface area contributed by atoms with Crippen LogP contribution in [0.5, 0.6) is 0 Å². The molecule has 0 aliphatic rings. The fourth-order valence-corrected chi connectivity index (χ4v) is 2.98. The van der Waals surface area contributed by atoms with Crippen molar-refractivity contribution < 1.29 is 0 Å². The highest BCUT2D eigenvalue weighted by Crippen LogP contribution is 2.17. The molecule has 1 atom stereocenters. The summed E-state index contributed by atoms with van der Waals surface area (Å²) in [5.74, 6) is 3.07. The molecule has 16 heavy (non-hydrogen) atoms. The van der Waals surface area contributed by atoms with Gasteiger partial charge in [0.15, 0.2) is 0 Å². The van der Waals surface area contributed by atoms with Gasteiger partial charge in [-0.15, -0.1) is 0 Å². The molecule has 0 fully saturated rings. The summed E-state index contributed by atoms with van der Waals surface area (Å²) in [5, 5.41) is 1.12. The maximum Gasteiger partial charge on any atom is 0.00743 e. The normalized spacial score (nSPS) is 14.4. The Hall–Kier alpha value is 0.440. The van der Waals surface area contributed by atoms with Crippen molar-refractivity contribution in [3.8, 4) is 0 Å². The molecule has 0 saturated heterocycles. The summed E-state index contributed by atoms with van der Waals surface area (Å²) in [7, 11) is 0. The Morgan fingerprint density at radius 2 is 1.25 bits per heavy atom. The molecule has 0 aromatic rings. The van der Waals surface area contributed by atoms with Gasteiger partial charge in [0.1, 0.15) is 0 Å². The molecule has 1 unspecified atom stereocenters. The van der Waals surface area contributed by atoms with E-state index in [2.05, 4.69) is 62.4 Å². The Labute approximate surface area is 111 Å². The largest absolute Gasteiger partial charge is 0.303 e. The van der Waals surface area contributed by atoms with Crippen LogP contribution in [0.4, 0.5) is 0 Å². The molecule has 0 rings (SSSR count). The summed E-state index contributed by atoms with van der Waals surface area (Å²) in [5.41, 5.74) is 0. The van der Waals surface area contributed by atoms with Crippen LogP contribution in [-0.4, -0.2) is 29.9 Å². The van der Waals surface area contributed by atoms with Crippen LogP contribution < -0.4 is 0 Å². The first kappa shape index (κ1) is 16.4. The lowest BCUT2D eigenvalue weighted by molar-refractivity contribution is 0.177. The van der Waals surface area contributed by atoms with Gasteiger partial charge in [-0.25, -0.2) is 0 Å². The van der Waals surface area contributed by atoms with E-state index in [1.54, 1.807) is 0 Å². The molecule has 0 bridgehead atoms. The van der Waals surface area contributed by atoms with Gasteiger partial charge >= 0.3 is 0 Å². The third-order valence-electron chi connectivity index (χ3n) is 2.88. The van der Waals surface area contributed by atoms with Crippen molar-refractivity contribution in [3.63, 3.8) is 0 Å². The lowest BCUT2D eigenvalue weighted by Crippen LogP contribution is -2.37. The highest BCUT2D eigenvalue weighted by atomic mass is 79.9. The Kier molecular flexibility index (Phi) is 8.75. The lowest BCUT2D eigenvalue weighted by Gasteiger charge is -2.31. The molecule has 0 amide bonds. The lowest BCUT2D eigenvalue weighted by atomic mass is 9.96. The van der Waals surface area contributed by atoms with Gasteiger partial charge < -0.3 is 4.90 Å². The molecule has 0 radical (unpaired) electrons. The zero-order chi connectivity index (χ0) is 12.7. The third kappa shape index (κ3) is 7.67. The Balaban J connectivity index is 4.27. The summed E-state index contributed by atoms with van der Waals surface area (Å²) in [6, 6.07) is 0. The molecule has 0 aromatic heterocycles. The summed E-state index contributed by atoms with van der Waals surface area (Å²) < 4.78 is 0. The zero-order valence-electron chi connectivity index (χ0n) is 12.0. The Bertz CT molecular complexity index is 156. The standard InChI is InChI=1S/C14H30BrN/c1-11(2)8-16(9-12(3)4)10-14(7-15)13(5)6/h11-14H,7-10H2,1-6H3. The van der Waals surface area contributed by atoms with Crippen LogP contribution in [0.3, 0.4) is 0 Å². The fourth-order valence-electron chi connectivity index (χ4n) is 2.03. The highest BCUT2D eigenvalue weighted by molar-refractivity contribution is 9.09. The number of rotatable bonds is 8. The van der Waals surface area contributed by atoms with Crippen molar-refractivity contribution in [2.45, 2.75) is 41.5 Å². The van der Waals surface area contributed by atoms with Crippen LogP contribution in [0.2, 0.25) is 0 Å². The van der Waals surface area contributed by atoms with Crippen molar-refractivity contribution in [3.05, 3.63) is 0 Å². The van der Waals surface area contributed by atoms with E-state index in [4.69, 9.17) is 0 Å². The summed E-state index contributed by atoms with van der Waals surface area (Å²) in [4.78, 5) is 2.64. The minimum absolute atomic E-state index is 0.765. The van der Waals surface area contributed by atoms with Gasteiger partial charge in [0.2, 0.25) is 0 Å². The minimum Gasteiger partial charge on any atom is -0.303 e. The summed E-state index contributed by atoms with van der Waals surface area (Å²) in [6.45, 7) is 17.6. The number of halogens is 1. The molecule has 0 heterocycles. The number of hydrogen-bond donors (Lipinski definition) is 0. The van der Waals surface area contributed by atoms with Crippen molar-refractivity contribution in [2.75, 3.05) is 25.0 Å². The van der Waals surface area contributed by atoms with Crippen LogP contribution in [-0.2, 0) is 0 Å². The first-order valence-electron chi connectivity index (χ1n) is 6.65. The second-order valence-corrected chi connectivity index (χ2v) is 6.81. The van der Waals surface area contributed by atoms with E-state index in [-0.39, 0.29) is 0 Å². The highest BCUT2D eigenvalue weighted by Gasteiger charge is 2.17. The smallest absolute Gasteiger partial charge is 0.00743 e. The third-order valence-corrected chi connectivity index (χ3v) is 3.71. The zero-order valence-corrected chi connectivity index (χ0v) is 13.5. The molecular formula is C14H30BrN. The first-order chi connectivity index (χ1) is 7.36. The summed E-state index contributed by atoms with van der Waals surface area (Å²) in [6.07, 6.45) is 0. The van der Waals surface area contributed by atoms with Crippen LogP contribution >= 0.6 is 15.9 Å². The van der Waals surface area contributed by atoms with Crippen LogP contribution in [0.15, 0.2) is 0 Å². The Morgan fingerprint density at radius 1 is 0.812 bits per heavy atom. The molecule has 0 N–H and O–H groups in total. The van der Waals surface area contributed by atoms with Gasteiger partial charge in [0.05, 0.1) is 0 Å². The van der Waals surface area contributed by atoms with E-state index < -0.39 is 0 Å². The van der Waals surface area contributed by atoms with Crippen molar-refractivity contribution in [1.29, 1.82) is 0 Å². The van der Waals surface area contributed by atoms with E-state index in [1.165, 1.54) is 19.6 Å². The maximum atomic E-state index is 3.65. The van der Waals surface area contributed by atoms with E-state index in [0.29, 0.717) is 0 Å². The molecule has 0 aliphatic heterocycles. The molecule has 0 aliphatic carbocycles. The fraction of sp³-hybridized carbons (Fsp3) is 1.00. The van der Waals surface area contributed by atoms with Gasteiger partial charge in [0, 0.05) is 25.0 Å². The molecule has 2 heteroatoms. The van der Waals surface area contributed by atoms with Crippen LogP contribution in [0, 0.1) is 23.7 Å². The van der Waals surface area contributed by atoms with E-state index in [0.717, 1.165) is 29.0 Å². The molecule has 0 saturated carbocycles. The average molecular weight is 292 g/mol. The monoisotopic (exact) mass is 291 g/mol. The molecular weight excluding hydrogens is 262 g/mol. The van der Waals surface area contributed by atoms with Crippen LogP contribution in [0.1, 0.15) is 41.5 Å². The van der Waals surface area contributed by atoms with Crippen LogP contribution in [0.25, 0.3) is 0 Å². The van der Waals surface area contributed by atoms with Gasteiger partial charge in [-0.2, -0.15) is 0 Å². The molecule has 98 valence electrons. The Morgan fingerprint density at radius 3 is 1.50 bits per heavy atom. The predicted octanol–water partition coefficient (Wildman–Crippen LogP) is 4.27. The molecule has 1 nitrogen and oxygen atoms in total. The number of alkyl halides is 1. The van der Waals surface area contributed by atoms with Gasteiger partial charge in [-0.1, -0.05) is 57.5 Å². The SMILES string of the molecule is CC(C)CN(CC(C)C)CC(CBr)C(C)C. The van der Waals surface area contributed by atoms with Crippen molar-refractivity contribution >= 4 is 15.9 Å². The number of hydrogen-bond acceptors (Lipinski definition) is 1. The molecule has 0 aromatic carbocycles. The maximum absolute atomic E-state index is 3.65. The summed E-state index contributed by atoms with van der Waals surface area (Å²) >= 11 is 3.65. The predicted molar refractivity (Wildman–Crippen MR) is 78.2 cm³/mol. The topological polar surface area (TPSA) is 3.24 Å². The van der Waals surface area contributed by atoms with Gasteiger partial charge in [-0.05, 0) is 23.7 Å². The van der Waals surface area contributed by atoms with E-state index >= 15 is 0 Å². The van der Waals surface area contributed by atoms with Crippen molar-refractivity contribution in [2.24, 2.45) is 23.7 Å². The van der Waals surface area contributed by atoms with E-state index in [1.807, 2.05) is 0 Å². The van der Waals surface area contributed by atoms with E-state index in [9.17, 15) is 0 Å². The number of nitrogens with zero attached hydrogens (tertiary/aromatic N) is 1. The van der Waals surface area contributed by atoms with Crippen molar-refractivity contribution in [1.82, 2.24) is 4.90 Å². The minimum atomic E-state index is 0.765. The second-order valence-electron chi connectivity index (χ2n) is 6.16. The molecule has 0 spiro atoms. The quantitative estimate of drug-likeness (QED) is 0.604. The average Bonchev–Trinajstić information content (AvgIpc) is 2.11.